The molecule has 0 saturated heterocycles. The van der Waals surface area contributed by atoms with E-state index >= 15 is 0 Å². The maximum absolute atomic E-state index is 4.40. The van der Waals surface area contributed by atoms with Gasteiger partial charge in [0.1, 0.15) is 22.4 Å². The summed E-state index contributed by atoms with van der Waals surface area (Å²) in [5, 5.41) is 3.31. The van der Waals surface area contributed by atoms with Crippen molar-refractivity contribution in [3.63, 3.8) is 0 Å². The molecular weight excluding hydrogens is 292 g/mol. The Balaban J connectivity index is 2.93. The minimum atomic E-state index is 0.610. The molecule has 0 aliphatic rings. The quantitative estimate of drug-likeness (QED) is 0.835. The van der Waals surface area contributed by atoms with E-state index in [1.165, 1.54) is 0 Å². The zero-order chi connectivity index (χ0) is 13.5. The van der Waals surface area contributed by atoms with Crippen LogP contribution in [0.4, 0.5) is 11.6 Å². The Labute approximate surface area is 118 Å². The van der Waals surface area contributed by atoms with Crippen molar-refractivity contribution in [3.8, 4) is 0 Å². The highest BCUT2D eigenvalue weighted by molar-refractivity contribution is 9.10. The molecule has 1 aromatic heterocycles. The van der Waals surface area contributed by atoms with Crippen LogP contribution in [0.3, 0.4) is 0 Å². The van der Waals surface area contributed by atoms with Gasteiger partial charge in [-0.2, -0.15) is 0 Å². The van der Waals surface area contributed by atoms with Crippen molar-refractivity contribution in [2.24, 2.45) is 5.92 Å². The number of anilines is 2. The first kappa shape index (κ1) is 15.2. The van der Waals surface area contributed by atoms with Crippen LogP contribution in [-0.4, -0.2) is 29.6 Å². The molecule has 18 heavy (non-hydrogen) atoms. The van der Waals surface area contributed by atoms with E-state index in [-0.39, 0.29) is 0 Å². The normalized spacial score (nSPS) is 10.8. The molecule has 0 saturated carbocycles. The molecule has 102 valence electrons. The van der Waals surface area contributed by atoms with Gasteiger partial charge in [0, 0.05) is 19.6 Å². The van der Waals surface area contributed by atoms with E-state index in [0.29, 0.717) is 5.92 Å². The van der Waals surface area contributed by atoms with Gasteiger partial charge in [-0.05, 0) is 35.2 Å². The van der Waals surface area contributed by atoms with Crippen molar-refractivity contribution >= 4 is 27.6 Å². The second-order valence-corrected chi connectivity index (χ2v) is 5.51. The molecule has 0 fully saturated rings. The van der Waals surface area contributed by atoms with Crippen molar-refractivity contribution in [1.29, 1.82) is 0 Å². The average Bonchev–Trinajstić information content (AvgIpc) is 2.35. The molecule has 0 unspecified atom stereocenters. The zero-order valence-corrected chi connectivity index (χ0v) is 13.3. The van der Waals surface area contributed by atoms with Gasteiger partial charge >= 0.3 is 0 Å². The minimum absolute atomic E-state index is 0.610. The van der Waals surface area contributed by atoms with Gasteiger partial charge < -0.3 is 10.2 Å². The number of halogens is 1. The van der Waals surface area contributed by atoms with Crippen molar-refractivity contribution in [2.75, 3.05) is 29.9 Å². The van der Waals surface area contributed by atoms with Crippen LogP contribution in [0.15, 0.2) is 10.8 Å². The highest BCUT2D eigenvalue weighted by Gasteiger charge is 2.14. The fraction of sp³-hybridized carbons (Fsp3) is 0.692. The third-order valence-electron chi connectivity index (χ3n) is 2.58. The second kappa shape index (κ2) is 7.56. The van der Waals surface area contributed by atoms with Gasteiger partial charge in [-0.25, -0.2) is 9.97 Å². The van der Waals surface area contributed by atoms with E-state index in [2.05, 4.69) is 63.8 Å². The van der Waals surface area contributed by atoms with Crippen LogP contribution in [0.1, 0.15) is 34.1 Å². The molecule has 1 aromatic rings. The molecule has 1 N–H and O–H groups in total. The summed E-state index contributed by atoms with van der Waals surface area (Å²) in [6.45, 7) is 11.6. The molecule has 0 aromatic carbocycles. The van der Waals surface area contributed by atoms with Gasteiger partial charge in [0.25, 0.3) is 0 Å². The third-order valence-corrected chi connectivity index (χ3v) is 3.31. The molecular formula is C13H23BrN4. The highest BCUT2D eigenvalue weighted by Crippen LogP contribution is 2.29. The van der Waals surface area contributed by atoms with Crippen LogP contribution in [0, 0.1) is 5.92 Å². The lowest BCUT2D eigenvalue weighted by Crippen LogP contribution is -2.28. The first-order valence-electron chi connectivity index (χ1n) is 6.59. The standard InChI is InChI=1S/C13H23BrN4/c1-5-7-15-12-11(14)13(17-9-16-12)18(6-2)8-10(3)4/h9-10H,5-8H2,1-4H3,(H,15,16,17). The van der Waals surface area contributed by atoms with E-state index in [0.717, 1.165) is 42.2 Å². The lowest BCUT2D eigenvalue weighted by Gasteiger charge is -2.25. The first-order chi connectivity index (χ1) is 8.60. The second-order valence-electron chi connectivity index (χ2n) is 4.72. The minimum Gasteiger partial charge on any atom is -0.369 e. The maximum atomic E-state index is 4.40. The maximum Gasteiger partial charge on any atom is 0.148 e. The van der Waals surface area contributed by atoms with Gasteiger partial charge in [-0.1, -0.05) is 20.8 Å². The Morgan fingerprint density at radius 2 is 2.06 bits per heavy atom. The average molecular weight is 315 g/mol. The number of nitrogens with one attached hydrogen (secondary N) is 1. The molecule has 0 amide bonds. The first-order valence-corrected chi connectivity index (χ1v) is 7.38. The Bertz CT molecular complexity index is 368. The van der Waals surface area contributed by atoms with Crippen molar-refractivity contribution in [1.82, 2.24) is 9.97 Å². The van der Waals surface area contributed by atoms with Crippen molar-refractivity contribution < 1.29 is 0 Å². The predicted molar refractivity (Wildman–Crippen MR) is 81.2 cm³/mol. The monoisotopic (exact) mass is 314 g/mol. The molecule has 0 bridgehead atoms. The van der Waals surface area contributed by atoms with Crippen LogP contribution in [0.2, 0.25) is 0 Å². The largest absolute Gasteiger partial charge is 0.369 e. The van der Waals surface area contributed by atoms with E-state index < -0.39 is 0 Å². The van der Waals surface area contributed by atoms with Crippen molar-refractivity contribution in [2.45, 2.75) is 34.1 Å². The predicted octanol–water partition coefficient (Wildman–Crippen LogP) is 3.54. The van der Waals surface area contributed by atoms with E-state index in [4.69, 9.17) is 0 Å². The summed E-state index contributed by atoms with van der Waals surface area (Å²) in [6, 6.07) is 0. The van der Waals surface area contributed by atoms with Gasteiger partial charge in [0.2, 0.25) is 0 Å². The Morgan fingerprint density at radius 3 is 2.61 bits per heavy atom. The smallest absolute Gasteiger partial charge is 0.148 e. The highest BCUT2D eigenvalue weighted by atomic mass is 79.9. The van der Waals surface area contributed by atoms with E-state index in [1.807, 2.05) is 0 Å². The number of hydrogen-bond acceptors (Lipinski definition) is 4. The van der Waals surface area contributed by atoms with Crippen LogP contribution in [0.25, 0.3) is 0 Å². The third kappa shape index (κ3) is 4.12. The topological polar surface area (TPSA) is 41.1 Å². The molecule has 0 spiro atoms. The Hall–Kier alpha value is -0.840. The van der Waals surface area contributed by atoms with E-state index in [9.17, 15) is 0 Å². The Kier molecular flexibility index (Phi) is 6.39. The molecule has 5 heteroatoms. The van der Waals surface area contributed by atoms with Gasteiger partial charge in [0.15, 0.2) is 0 Å². The van der Waals surface area contributed by atoms with Gasteiger partial charge in [0.05, 0.1) is 0 Å². The van der Waals surface area contributed by atoms with Crippen LogP contribution < -0.4 is 10.2 Å². The number of rotatable bonds is 7. The Morgan fingerprint density at radius 1 is 1.33 bits per heavy atom. The summed E-state index contributed by atoms with van der Waals surface area (Å²) >= 11 is 3.61. The zero-order valence-electron chi connectivity index (χ0n) is 11.7. The number of hydrogen-bond donors (Lipinski definition) is 1. The fourth-order valence-electron chi connectivity index (χ4n) is 1.75. The lowest BCUT2D eigenvalue weighted by atomic mass is 10.2. The van der Waals surface area contributed by atoms with Crippen LogP contribution >= 0.6 is 15.9 Å². The van der Waals surface area contributed by atoms with E-state index in [1.54, 1.807) is 6.33 Å². The summed E-state index contributed by atoms with van der Waals surface area (Å²) in [6.07, 6.45) is 2.70. The SMILES string of the molecule is CCCNc1ncnc(N(CC)CC(C)C)c1Br. The molecule has 0 atom stereocenters. The van der Waals surface area contributed by atoms with Crippen LogP contribution in [0.5, 0.6) is 0 Å². The molecule has 1 heterocycles. The van der Waals surface area contributed by atoms with Crippen LogP contribution in [-0.2, 0) is 0 Å². The fourth-order valence-corrected chi connectivity index (χ4v) is 2.35. The summed E-state index contributed by atoms with van der Waals surface area (Å²) in [7, 11) is 0. The summed E-state index contributed by atoms with van der Waals surface area (Å²) in [4.78, 5) is 10.9. The molecule has 4 nitrogen and oxygen atoms in total. The van der Waals surface area contributed by atoms with Gasteiger partial charge in [-0.3, -0.25) is 0 Å². The summed E-state index contributed by atoms with van der Waals surface area (Å²) in [5.74, 6) is 2.46. The number of nitrogens with zero attached hydrogens (tertiary/aromatic N) is 3. The lowest BCUT2D eigenvalue weighted by molar-refractivity contribution is 0.613. The molecule has 0 radical (unpaired) electrons. The van der Waals surface area contributed by atoms with Crippen molar-refractivity contribution in [3.05, 3.63) is 10.8 Å². The molecule has 0 aliphatic heterocycles. The molecule has 0 aliphatic carbocycles. The summed E-state index contributed by atoms with van der Waals surface area (Å²) < 4.78 is 0.959. The molecule has 1 rings (SSSR count). The van der Waals surface area contributed by atoms with Gasteiger partial charge in [-0.15, -0.1) is 0 Å². The number of aromatic nitrogens is 2. The summed E-state index contributed by atoms with van der Waals surface area (Å²) in [5.41, 5.74) is 0.